The van der Waals surface area contributed by atoms with Gasteiger partial charge in [-0.15, -0.1) is 0 Å². The smallest absolute Gasteiger partial charge is 0.334 e. The van der Waals surface area contributed by atoms with Crippen molar-refractivity contribution in [3.63, 3.8) is 0 Å². The Labute approximate surface area is 224 Å². The van der Waals surface area contributed by atoms with Crippen molar-refractivity contribution in [3.8, 4) is 5.75 Å². The minimum atomic E-state index is -0.753. The average Bonchev–Trinajstić information content (AvgIpc) is 2.94. The zero-order chi connectivity index (χ0) is 26.6. The summed E-state index contributed by atoms with van der Waals surface area (Å²) < 4.78 is 5.22. The van der Waals surface area contributed by atoms with Crippen molar-refractivity contribution >= 4 is 17.8 Å². The molecule has 9 nitrogen and oxygen atoms in total. The van der Waals surface area contributed by atoms with Gasteiger partial charge in [0, 0.05) is 20.1 Å². The third kappa shape index (κ3) is 5.34. The van der Waals surface area contributed by atoms with Gasteiger partial charge in [-0.25, -0.2) is 14.8 Å². The third-order valence-electron chi connectivity index (χ3n) is 7.96. The number of carbonyl (C=O) groups is 3. The number of hydrogen-bond donors (Lipinski definition) is 1. The Hall–Kier alpha value is -3.59. The van der Waals surface area contributed by atoms with E-state index in [0.717, 1.165) is 29.7 Å². The largest absolute Gasteiger partial charge is 0.497 e. The molecular formula is C29H37N5O4. The Balaban J connectivity index is 1.41. The molecular weight excluding hydrogens is 482 g/mol. The fraction of sp³-hybridized carbons (Fsp3) is 0.483. The number of nitrogens with one attached hydrogen (secondary N) is 1. The first-order chi connectivity index (χ1) is 18.5. The molecule has 3 fully saturated rings. The molecule has 4 amide bonds. The molecule has 2 heterocycles. The molecule has 38 heavy (non-hydrogen) atoms. The molecule has 1 saturated carbocycles. The monoisotopic (exact) mass is 519 g/mol. The van der Waals surface area contributed by atoms with Gasteiger partial charge in [0.15, 0.2) is 0 Å². The normalized spacial score (nSPS) is 22.8. The van der Waals surface area contributed by atoms with Crippen molar-refractivity contribution in [2.24, 2.45) is 5.92 Å². The zero-order valence-corrected chi connectivity index (χ0v) is 22.2. The van der Waals surface area contributed by atoms with E-state index in [-0.39, 0.29) is 24.4 Å². The number of urea groups is 1. The molecule has 5 rings (SSSR count). The second-order valence-corrected chi connectivity index (χ2v) is 10.5. The maximum absolute atomic E-state index is 13.9. The minimum absolute atomic E-state index is 0.0195. The van der Waals surface area contributed by atoms with Crippen LogP contribution in [0, 0.1) is 5.92 Å². The SMILES string of the molecule is COc1ccc(CNC(=O)N2C3CN(CC4CCCCC4)C(=O)[C@H](c4ccccc4)N3C(=O)CN2C)cc1. The lowest BCUT2D eigenvalue weighted by atomic mass is 9.88. The predicted molar refractivity (Wildman–Crippen MR) is 143 cm³/mol. The number of rotatable bonds is 6. The molecule has 2 aliphatic heterocycles. The molecule has 1 aliphatic carbocycles. The topological polar surface area (TPSA) is 85.4 Å². The number of hydrazine groups is 1. The average molecular weight is 520 g/mol. The van der Waals surface area contributed by atoms with Crippen LogP contribution >= 0.6 is 0 Å². The molecule has 0 radical (unpaired) electrons. The van der Waals surface area contributed by atoms with Gasteiger partial charge in [0.05, 0.1) is 20.2 Å². The minimum Gasteiger partial charge on any atom is -0.497 e. The van der Waals surface area contributed by atoms with E-state index in [1.165, 1.54) is 19.3 Å². The van der Waals surface area contributed by atoms with Gasteiger partial charge in [0.2, 0.25) is 11.8 Å². The fourth-order valence-electron chi connectivity index (χ4n) is 6.00. The standard InChI is InChI=1S/C29H37N5O4/c1-31-20-26(35)33-25(34(31)29(37)30-17-21-13-15-24(38-2)16-14-21)19-32(18-22-9-5-3-6-10-22)28(36)27(33)23-11-7-4-8-12-23/h4,7-8,11-16,22,25,27H,3,5-6,9-10,17-20H2,1-2H3,(H,30,37)/t25?,27-/m0/s1. The number of methoxy groups -OCH3 is 1. The highest BCUT2D eigenvalue weighted by atomic mass is 16.5. The first-order valence-electron chi connectivity index (χ1n) is 13.5. The highest BCUT2D eigenvalue weighted by Crippen LogP contribution is 2.36. The summed E-state index contributed by atoms with van der Waals surface area (Å²) >= 11 is 0. The molecule has 1 N–H and O–H groups in total. The van der Waals surface area contributed by atoms with E-state index in [2.05, 4.69) is 5.32 Å². The van der Waals surface area contributed by atoms with Crippen LogP contribution in [-0.4, -0.2) is 77.6 Å². The van der Waals surface area contributed by atoms with Crippen LogP contribution in [0.4, 0.5) is 4.79 Å². The summed E-state index contributed by atoms with van der Waals surface area (Å²) in [5.41, 5.74) is 1.71. The number of fused-ring (bicyclic) bond motifs is 1. The summed E-state index contributed by atoms with van der Waals surface area (Å²) in [6.07, 6.45) is 5.24. The molecule has 9 heteroatoms. The summed E-state index contributed by atoms with van der Waals surface area (Å²) in [6, 6.07) is 15.9. The van der Waals surface area contributed by atoms with Gasteiger partial charge in [-0.3, -0.25) is 9.59 Å². The van der Waals surface area contributed by atoms with Crippen LogP contribution in [0.3, 0.4) is 0 Å². The molecule has 2 aromatic carbocycles. The molecule has 2 atom stereocenters. The van der Waals surface area contributed by atoms with Crippen molar-refractivity contribution in [2.45, 2.75) is 50.9 Å². The Morgan fingerprint density at radius 2 is 1.71 bits per heavy atom. The summed E-state index contributed by atoms with van der Waals surface area (Å²) in [5, 5.41) is 6.29. The second kappa shape index (κ2) is 11.4. The first kappa shape index (κ1) is 26.0. The van der Waals surface area contributed by atoms with Crippen molar-refractivity contribution in [3.05, 3.63) is 65.7 Å². The van der Waals surface area contributed by atoms with E-state index in [1.807, 2.05) is 59.5 Å². The number of ether oxygens (including phenoxy) is 1. The van der Waals surface area contributed by atoms with Crippen LogP contribution in [0.2, 0.25) is 0 Å². The van der Waals surface area contributed by atoms with Crippen molar-refractivity contribution in [1.82, 2.24) is 25.1 Å². The number of hydrogen-bond acceptors (Lipinski definition) is 5. The lowest BCUT2D eigenvalue weighted by Gasteiger charge is -2.54. The number of likely N-dealkylation sites (N-methyl/N-ethyl adjacent to an activating group) is 1. The second-order valence-electron chi connectivity index (χ2n) is 10.5. The number of nitrogens with zero attached hydrogens (tertiary/aromatic N) is 4. The van der Waals surface area contributed by atoms with Gasteiger partial charge in [-0.2, -0.15) is 0 Å². The van der Waals surface area contributed by atoms with E-state index in [0.29, 0.717) is 25.6 Å². The number of benzene rings is 2. The van der Waals surface area contributed by atoms with Gasteiger partial charge in [-0.1, -0.05) is 61.7 Å². The van der Waals surface area contributed by atoms with Crippen LogP contribution in [0.15, 0.2) is 54.6 Å². The van der Waals surface area contributed by atoms with Crippen molar-refractivity contribution in [2.75, 3.05) is 33.8 Å². The molecule has 0 bridgehead atoms. The number of carbonyl (C=O) groups excluding carboxylic acids is 3. The van der Waals surface area contributed by atoms with E-state index in [1.54, 1.807) is 29.1 Å². The molecule has 2 aromatic rings. The summed E-state index contributed by atoms with van der Waals surface area (Å²) in [5.74, 6) is 0.984. The van der Waals surface area contributed by atoms with Crippen molar-refractivity contribution in [1.29, 1.82) is 0 Å². The first-order valence-corrected chi connectivity index (χ1v) is 13.5. The summed E-state index contributed by atoms with van der Waals surface area (Å²) in [6.45, 7) is 1.31. The van der Waals surface area contributed by atoms with Crippen LogP contribution in [0.5, 0.6) is 5.75 Å². The van der Waals surface area contributed by atoms with Gasteiger partial charge in [0.1, 0.15) is 18.0 Å². The van der Waals surface area contributed by atoms with Crippen LogP contribution in [-0.2, 0) is 16.1 Å². The van der Waals surface area contributed by atoms with Crippen molar-refractivity contribution < 1.29 is 19.1 Å². The van der Waals surface area contributed by atoms with Gasteiger partial charge < -0.3 is 19.9 Å². The van der Waals surface area contributed by atoms with Crippen LogP contribution < -0.4 is 10.1 Å². The van der Waals surface area contributed by atoms with Gasteiger partial charge >= 0.3 is 6.03 Å². The molecule has 0 spiro atoms. The molecule has 2 saturated heterocycles. The number of piperazine rings is 1. The summed E-state index contributed by atoms with van der Waals surface area (Å²) in [7, 11) is 3.37. The maximum Gasteiger partial charge on any atom is 0.334 e. The highest BCUT2D eigenvalue weighted by Gasteiger charge is 2.51. The predicted octanol–water partition coefficient (Wildman–Crippen LogP) is 3.39. The van der Waals surface area contributed by atoms with Gasteiger partial charge in [0.25, 0.3) is 0 Å². The highest BCUT2D eigenvalue weighted by molar-refractivity contribution is 5.92. The van der Waals surface area contributed by atoms with E-state index < -0.39 is 12.2 Å². The Morgan fingerprint density at radius 3 is 2.39 bits per heavy atom. The summed E-state index contributed by atoms with van der Waals surface area (Å²) in [4.78, 5) is 44.4. The third-order valence-corrected chi connectivity index (χ3v) is 7.96. The maximum atomic E-state index is 13.9. The van der Waals surface area contributed by atoms with Crippen LogP contribution in [0.1, 0.15) is 49.3 Å². The molecule has 0 aromatic heterocycles. The Kier molecular flexibility index (Phi) is 7.83. The fourth-order valence-corrected chi connectivity index (χ4v) is 6.00. The molecule has 1 unspecified atom stereocenters. The quantitative estimate of drug-likeness (QED) is 0.633. The lowest BCUT2D eigenvalue weighted by Crippen LogP contribution is -2.74. The number of amides is 4. The lowest BCUT2D eigenvalue weighted by molar-refractivity contribution is -0.188. The van der Waals surface area contributed by atoms with E-state index >= 15 is 0 Å². The van der Waals surface area contributed by atoms with E-state index in [4.69, 9.17) is 4.74 Å². The van der Waals surface area contributed by atoms with Crippen LogP contribution in [0.25, 0.3) is 0 Å². The van der Waals surface area contributed by atoms with E-state index in [9.17, 15) is 14.4 Å². The molecule has 202 valence electrons. The molecule has 3 aliphatic rings. The Bertz CT molecular complexity index is 1140. The van der Waals surface area contributed by atoms with Gasteiger partial charge in [-0.05, 0) is 42.0 Å². The zero-order valence-electron chi connectivity index (χ0n) is 22.2. The Morgan fingerprint density at radius 1 is 1.00 bits per heavy atom.